The van der Waals surface area contributed by atoms with E-state index < -0.39 is 63.3 Å². The molecule has 8 heteroatoms. The fourth-order valence-electron chi connectivity index (χ4n) is 8.90. The monoisotopic (exact) mass is 594 g/mol. The van der Waals surface area contributed by atoms with E-state index >= 15 is 0 Å². The van der Waals surface area contributed by atoms with Crippen LogP contribution in [0.25, 0.3) is 6.08 Å². The minimum absolute atomic E-state index is 0.0128. The van der Waals surface area contributed by atoms with E-state index in [4.69, 9.17) is 9.47 Å². The number of aliphatic hydroxyl groups is 4. The van der Waals surface area contributed by atoms with E-state index in [1.54, 1.807) is 45.9 Å². The molecule has 0 spiro atoms. The Morgan fingerprint density at radius 3 is 2.33 bits per heavy atom. The van der Waals surface area contributed by atoms with E-state index in [9.17, 15) is 30.0 Å². The number of esters is 2. The number of carbonyl (C=O) groups is 2. The van der Waals surface area contributed by atoms with Gasteiger partial charge in [0.25, 0.3) is 0 Å². The number of fused-ring (bicyclic) bond motifs is 5. The van der Waals surface area contributed by atoms with E-state index in [2.05, 4.69) is 0 Å². The van der Waals surface area contributed by atoms with Crippen molar-refractivity contribution in [2.24, 2.45) is 16.7 Å². The Kier molecular flexibility index (Phi) is 7.86. The second kappa shape index (κ2) is 10.7. The van der Waals surface area contributed by atoms with Crippen molar-refractivity contribution in [3.05, 3.63) is 65.8 Å². The second-order valence-electron chi connectivity index (χ2n) is 13.7. The molecule has 4 aliphatic carbocycles. The van der Waals surface area contributed by atoms with E-state index in [-0.39, 0.29) is 19.3 Å². The van der Waals surface area contributed by atoms with Gasteiger partial charge in [0.15, 0.2) is 0 Å². The lowest BCUT2D eigenvalue weighted by Gasteiger charge is -2.68. The molecule has 0 heterocycles. The number of ether oxygens (including phenoxy) is 2. The molecule has 0 bridgehead atoms. The topological polar surface area (TPSA) is 134 Å². The zero-order chi connectivity index (χ0) is 31.5. The second-order valence-corrected chi connectivity index (χ2v) is 13.7. The van der Waals surface area contributed by atoms with Gasteiger partial charge in [-0.25, -0.2) is 9.59 Å². The molecular formula is C35H46O8. The maximum absolute atomic E-state index is 13.4. The summed E-state index contributed by atoms with van der Waals surface area (Å²) in [5.74, 6) is -1.96. The maximum atomic E-state index is 13.4. The van der Waals surface area contributed by atoms with Crippen molar-refractivity contribution in [3.63, 3.8) is 0 Å². The standard InChI is InChI=1S/C35H46O8/c1-6-23(2)29(37)42-24(3)33(39)20-21-35(41)31(33,5)27(43-28(36)15-14-25-12-8-7-9-13-25)22-26-30(4)16-10-11-17-32(30,38)18-19-34(26,35)40/h6-9,12-15,18-19,24,26-27,38-41H,10-11,16-17,20-22H2,1-5H3/b15-14+,23-6+/t24?,26-,27-,30-,31-,32+,33-,34+,35-/m1/s1. The summed E-state index contributed by atoms with van der Waals surface area (Å²) in [6.07, 6.45) is 8.36. The van der Waals surface area contributed by atoms with Gasteiger partial charge in [-0.3, -0.25) is 0 Å². The van der Waals surface area contributed by atoms with Crippen LogP contribution in [0, 0.1) is 16.7 Å². The fourth-order valence-corrected chi connectivity index (χ4v) is 8.90. The Balaban J connectivity index is 1.60. The molecule has 4 N–H and O–H groups in total. The third-order valence-electron chi connectivity index (χ3n) is 12.0. The van der Waals surface area contributed by atoms with Gasteiger partial charge in [0, 0.05) is 23.0 Å². The summed E-state index contributed by atoms with van der Waals surface area (Å²) < 4.78 is 11.9. The first kappa shape index (κ1) is 31.6. The first-order chi connectivity index (χ1) is 20.1. The Hall–Kier alpha value is -2.78. The number of rotatable bonds is 6. The molecule has 3 fully saturated rings. The van der Waals surface area contributed by atoms with Crippen LogP contribution in [-0.4, -0.2) is 67.0 Å². The van der Waals surface area contributed by atoms with E-state index in [0.717, 1.165) is 18.4 Å². The molecule has 1 aromatic rings. The zero-order valence-corrected chi connectivity index (χ0v) is 25.9. The van der Waals surface area contributed by atoms with Gasteiger partial charge < -0.3 is 29.9 Å². The van der Waals surface area contributed by atoms with Gasteiger partial charge in [-0.1, -0.05) is 75.2 Å². The fraction of sp³-hybridized carbons (Fsp3) is 0.600. The van der Waals surface area contributed by atoms with Crippen molar-refractivity contribution in [2.75, 3.05) is 0 Å². The molecule has 43 heavy (non-hydrogen) atoms. The molecule has 0 saturated heterocycles. The Morgan fingerprint density at radius 2 is 1.65 bits per heavy atom. The Labute approximate surface area is 254 Å². The van der Waals surface area contributed by atoms with Crippen LogP contribution in [0.1, 0.15) is 85.1 Å². The highest BCUT2D eigenvalue weighted by Gasteiger charge is 2.82. The van der Waals surface area contributed by atoms with Gasteiger partial charge in [-0.05, 0) is 64.5 Å². The van der Waals surface area contributed by atoms with Gasteiger partial charge in [0.2, 0.25) is 0 Å². The Bertz CT molecular complexity index is 1350. The third-order valence-corrected chi connectivity index (χ3v) is 12.0. The quantitative estimate of drug-likeness (QED) is 0.216. The largest absolute Gasteiger partial charge is 0.458 e. The summed E-state index contributed by atoms with van der Waals surface area (Å²) in [4.78, 5) is 26.2. The molecule has 0 amide bonds. The zero-order valence-electron chi connectivity index (χ0n) is 25.9. The summed E-state index contributed by atoms with van der Waals surface area (Å²) in [6.45, 7) is 8.46. The average Bonchev–Trinajstić information content (AvgIpc) is 3.22. The number of carbonyl (C=O) groups excluding carboxylic acids is 2. The van der Waals surface area contributed by atoms with Crippen molar-refractivity contribution >= 4 is 18.0 Å². The molecule has 9 atom stereocenters. The Morgan fingerprint density at radius 1 is 0.977 bits per heavy atom. The first-order valence-corrected chi connectivity index (χ1v) is 15.5. The highest BCUT2D eigenvalue weighted by atomic mass is 16.6. The molecule has 5 rings (SSSR count). The van der Waals surface area contributed by atoms with Crippen LogP contribution in [0.15, 0.2) is 60.2 Å². The van der Waals surface area contributed by atoms with E-state index in [0.29, 0.717) is 18.4 Å². The SMILES string of the molecule is C/C=C(\C)C(=O)OC(C)[C@]1(O)CC[C@@]2(O)[C@]1(C)[C@H](OC(=O)/C=C/c1ccccc1)C[C@H]1[C@@]2(O)C=C[C@@]2(O)CCCC[C@]12C. The summed E-state index contributed by atoms with van der Waals surface area (Å²) in [7, 11) is 0. The lowest BCUT2D eigenvalue weighted by atomic mass is 9.41. The van der Waals surface area contributed by atoms with Gasteiger partial charge in [0.05, 0.1) is 11.0 Å². The molecule has 1 aromatic carbocycles. The summed E-state index contributed by atoms with van der Waals surface area (Å²) >= 11 is 0. The predicted octanol–water partition coefficient (Wildman–Crippen LogP) is 4.40. The minimum atomic E-state index is -1.99. The van der Waals surface area contributed by atoms with Crippen LogP contribution in [0.2, 0.25) is 0 Å². The van der Waals surface area contributed by atoms with Gasteiger partial charge in [-0.2, -0.15) is 0 Å². The van der Waals surface area contributed by atoms with Crippen molar-refractivity contribution in [3.8, 4) is 0 Å². The number of hydrogen-bond donors (Lipinski definition) is 4. The summed E-state index contributed by atoms with van der Waals surface area (Å²) in [5.41, 5.74) is -8.21. The maximum Gasteiger partial charge on any atom is 0.333 e. The van der Waals surface area contributed by atoms with Gasteiger partial charge in [-0.15, -0.1) is 0 Å². The van der Waals surface area contributed by atoms with Crippen LogP contribution in [0.4, 0.5) is 0 Å². The highest BCUT2D eigenvalue weighted by molar-refractivity contribution is 5.88. The van der Waals surface area contributed by atoms with Crippen LogP contribution < -0.4 is 0 Å². The lowest BCUT2D eigenvalue weighted by Crippen LogP contribution is -2.79. The lowest BCUT2D eigenvalue weighted by molar-refractivity contribution is -0.325. The minimum Gasteiger partial charge on any atom is -0.458 e. The van der Waals surface area contributed by atoms with Crippen LogP contribution in [0.5, 0.6) is 0 Å². The molecule has 8 nitrogen and oxygen atoms in total. The molecular weight excluding hydrogens is 548 g/mol. The molecule has 234 valence electrons. The van der Waals surface area contributed by atoms with Crippen molar-refractivity contribution in [1.29, 1.82) is 0 Å². The van der Waals surface area contributed by atoms with Crippen LogP contribution in [0.3, 0.4) is 0 Å². The number of benzene rings is 1. The molecule has 0 aliphatic heterocycles. The van der Waals surface area contributed by atoms with Gasteiger partial charge >= 0.3 is 11.9 Å². The molecule has 0 aromatic heterocycles. The predicted molar refractivity (Wildman–Crippen MR) is 161 cm³/mol. The van der Waals surface area contributed by atoms with Crippen LogP contribution in [-0.2, 0) is 19.1 Å². The van der Waals surface area contributed by atoms with Crippen molar-refractivity contribution in [1.82, 2.24) is 0 Å². The molecule has 4 aliphatic rings. The van der Waals surface area contributed by atoms with Crippen LogP contribution >= 0.6 is 0 Å². The van der Waals surface area contributed by atoms with Crippen molar-refractivity contribution < 1.29 is 39.5 Å². The van der Waals surface area contributed by atoms with E-state index in [1.165, 1.54) is 12.2 Å². The number of hydrogen-bond acceptors (Lipinski definition) is 8. The summed E-state index contributed by atoms with van der Waals surface area (Å²) in [6, 6.07) is 9.28. The van der Waals surface area contributed by atoms with E-state index in [1.807, 2.05) is 37.3 Å². The normalized spacial score (nSPS) is 43.0. The average molecular weight is 595 g/mol. The molecule has 3 saturated carbocycles. The van der Waals surface area contributed by atoms with Crippen molar-refractivity contribution in [2.45, 2.75) is 114 Å². The third kappa shape index (κ3) is 4.39. The smallest absolute Gasteiger partial charge is 0.333 e. The molecule has 0 radical (unpaired) electrons. The highest BCUT2D eigenvalue weighted by Crippen LogP contribution is 2.71. The first-order valence-electron chi connectivity index (χ1n) is 15.5. The summed E-state index contributed by atoms with van der Waals surface area (Å²) in [5, 5.41) is 49.7. The molecule has 1 unspecified atom stereocenters. The van der Waals surface area contributed by atoms with Gasteiger partial charge in [0.1, 0.15) is 29.0 Å². The number of allylic oxidation sites excluding steroid dienone is 1.